The standard InChI is InChI=1S/C15H25NO/c1-11(2)16-10-15(17-12(3)4)14-9-7-6-8-13(14)5/h6-9,11-12,15-16H,10H2,1-5H3. The van der Waals surface area contributed by atoms with Crippen molar-refractivity contribution >= 4 is 0 Å². The van der Waals surface area contributed by atoms with E-state index in [9.17, 15) is 0 Å². The van der Waals surface area contributed by atoms with Crippen molar-refractivity contribution in [3.63, 3.8) is 0 Å². The number of hydrogen-bond donors (Lipinski definition) is 1. The van der Waals surface area contributed by atoms with Crippen LogP contribution >= 0.6 is 0 Å². The van der Waals surface area contributed by atoms with E-state index in [1.165, 1.54) is 11.1 Å². The Morgan fingerprint density at radius 3 is 2.29 bits per heavy atom. The molecule has 1 unspecified atom stereocenters. The molecule has 17 heavy (non-hydrogen) atoms. The summed E-state index contributed by atoms with van der Waals surface area (Å²) in [5, 5.41) is 3.45. The Morgan fingerprint density at radius 2 is 1.76 bits per heavy atom. The van der Waals surface area contributed by atoms with Crippen molar-refractivity contribution in [3.05, 3.63) is 35.4 Å². The minimum Gasteiger partial charge on any atom is -0.370 e. The Labute approximate surface area is 105 Å². The SMILES string of the molecule is Cc1ccccc1C(CNC(C)C)OC(C)C. The van der Waals surface area contributed by atoms with Crippen molar-refractivity contribution in [2.24, 2.45) is 0 Å². The molecule has 0 aromatic heterocycles. The van der Waals surface area contributed by atoms with Crippen molar-refractivity contribution in [1.82, 2.24) is 5.32 Å². The molecule has 0 radical (unpaired) electrons. The Balaban J connectivity index is 2.78. The summed E-state index contributed by atoms with van der Waals surface area (Å²) in [5.74, 6) is 0. The molecule has 0 heterocycles. The summed E-state index contributed by atoms with van der Waals surface area (Å²) in [4.78, 5) is 0. The molecule has 0 saturated carbocycles. The molecule has 0 spiro atoms. The normalized spacial score (nSPS) is 13.4. The van der Waals surface area contributed by atoms with Crippen LogP contribution in [0.1, 0.15) is 44.9 Å². The maximum atomic E-state index is 6.01. The molecule has 0 aliphatic carbocycles. The zero-order valence-corrected chi connectivity index (χ0v) is 11.7. The summed E-state index contributed by atoms with van der Waals surface area (Å²) in [6.07, 6.45) is 0.382. The van der Waals surface area contributed by atoms with Gasteiger partial charge in [0, 0.05) is 12.6 Å². The average Bonchev–Trinajstić information content (AvgIpc) is 2.24. The molecule has 1 atom stereocenters. The summed E-state index contributed by atoms with van der Waals surface area (Å²) in [5.41, 5.74) is 2.58. The van der Waals surface area contributed by atoms with Crippen molar-refractivity contribution in [2.75, 3.05) is 6.54 Å². The summed E-state index contributed by atoms with van der Waals surface area (Å²) in [7, 11) is 0. The molecule has 0 aliphatic heterocycles. The smallest absolute Gasteiger partial charge is 0.0955 e. The molecule has 1 rings (SSSR count). The van der Waals surface area contributed by atoms with E-state index in [2.05, 4.69) is 64.2 Å². The van der Waals surface area contributed by atoms with Crippen LogP contribution in [0.5, 0.6) is 0 Å². The highest BCUT2D eigenvalue weighted by Crippen LogP contribution is 2.22. The van der Waals surface area contributed by atoms with Crippen LogP contribution in [0, 0.1) is 6.92 Å². The Morgan fingerprint density at radius 1 is 1.12 bits per heavy atom. The largest absolute Gasteiger partial charge is 0.370 e. The molecule has 0 aliphatic rings. The first kappa shape index (κ1) is 14.2. The summed E-state index contributed by atoms with van der Waals surface area (Å²) >= 11 is 0. The van der Waals surface area contributed by atoms with Gasteiger partial charge in [0.05, 0.1) is 12.2 Å². The number of benzene rings is 1. The molecule has 2 nitrogen and oxygen atoms in total. The predicted octanol–water partition coefficient (Wildman–Crippen LogP) is 3.46. The lowest BCUT2D eigenvalue weighted by Gasteiger charge is -2.24. The lowest BCUT2D eigenvalue weighted by Crippen LogP contribution is -2.30. The summed E-state index contributed by atoms with van der Waals surface area (Å²) < 4.78 is 6.01. The molecule has 1 aromatic rings. The van der Waals surface area contributed by atoms with E-state index in [4.69, 9.17) is 4.74 Å². The zero-order chi connectivity index (χ0) is 12.8. The van der Waals surface area contributed by atoms with Gasteiger partial charge >= 0.3 is 0 Å². The predicted molar refractivity (Wildman–Crippen MR) is 73.3 cm³/mol. The third kappa shape index (κ3) is 4.88. The first-order chi connectivity index (χ1) is 8.00. The van der Waals surface area contributed by atoms with E-state index >= 15 is 0 Å². The number of aryl methyl sites for hydroxylation is 1. The fraction of sp³-hybridized carbons (Fsp3) is 0.600. The first-order valence-corrected chi connectivity index (χ1v) is 6.45. The Kier molecular flexibility index (Phi) is 5.66. The van der Waals surface area contributed by atoms with E-state index in [0.29, 0.717) is 6.04 Å². The number of hydrogen-bond acceptors (Lipinski definition) is 2. The topological polar surface area (TPSA) is 21.3 Å². The first-order valence-electron chi connectivity index (χ1n) is 6.45. The van der Waals surface area contributed by atoms with Crippen LogP contribution in [0.3, 0.4) is 0 Å². The van der Waals surface area contributed by atoms with Gasteiger partial charge < -0.3 is 10.1 Å². The second-order valence-corrected chi connectivity index (χ2v) is 5.09. The number of ether oxygens (including phenoxy) is 1. The van der Waals surface area contributed by atoms with E-state index in [1.807, 2.05) is 0 Å². The second-order valence-electron chi connectivity index (χ2n) is 5.09. The van der Waals surface area contributed by atoms with Gasteiger partial charge in [-0.1, -0.05) is 38.1 Å². The summed E-state index contributed by atoms with van der Waals surface area (Å²) in [6, 6.07) is 8.93. The minimum absolute atomic E-state index is 0.138. The van der Waals surface area contributed by atoms with E-state index in [1.54, 1.807) is 0 Å². The quantitative estimate of drug-likeness (QED) is 0.815. The van der Waals surface area contributed by atoms with Crippen molar-refractivity contribution in [1.29, 1.82) is 0 Å². The molecule has 0 saturated heterocycles. The molecule has 0 fully saturated rings. The van der Waals surface area contributed by atoms with Crippen LogP contribution in [0.15, 0.2) is 24.3 Å². The van der Waals surface area contributed by atoms with Crippen molar-refractivity contribution in [3.8, 4) is 0 Å². The van der Waals surface area contributed by atoms with Crippen LogP contribution in [0.2, 0.25) is 0 Å². The third-order valence-corrected chi connectivity index (χ3v) is 2.68. The minimum atomic E-state index is 0.138. The fourth-order valence-electron chi connectivity index (χ4n) is 1.85. The number of rotatable bonds is 6. The van der Waals surface area contributed by atoms with Crippen LogP contribution in [0.4, 0.5) is 0 Å². The summed E-state index contributed by atoms with van der Waals surface area (Å²) in [6.45, 7) is 11.5. The van der Waals surface area contributed by atoms with Crippen LogP contribution < -0.4 is 5.32 Å². The van der Waals surface area contributed by atoms with E-state index in [0.717, 1.165) is 6.54 Å². The highest BCUT2D eigenvalue weighted by Gasteiger charge is 2.15. The van der Waals surface area contributed by atoms with Gasteiger partial charge in [0.1, 0.15) is 0 Å². The van der Waals surface area contributed by atoms with Gasteiger partial charge in [-0.25, -0.2) is 0 Å². The van der Waals surface area contributed by atoms with Gasteiger partial charge in [-0.05, 0) is 31.9 Å². The van der Waals surface area contributed by atoms with E-state index < -0.39 is 0 Å². The van der Waals surface area contributed by atoms with Crippen molar-refractivity contribution < 1.29 is 4.74 Å². The third-order valence-electron chi connectivity index (χ3n) is 2.68. The van der Waals surface area contributed by atoms with Gasteiger partial charge in [0.2, 0.25) is 0 Å². The molecule has 2 heteroatoms. The van der Waals surface area contributed by atoms with Gasteiger partial charge in [-0.3, -0.25) is 0 Å². The highest BCUT2D eigenvalue weighted by molar-refractivity contribution is 5.28. The number of nitrogens with one attached hydrogen (secondary N) is 1. The average molecular weight is 235 g/mol. The van der Waals surface area contributed by atoms with Crippen LogP contribution in [-0.2, 0) is 4.74 Å². The molecule has 1 N–H and O–H groups in total. The maximum Gasteiger partial charge on any atom is 0.0955 e. The Hall–Kier alpha value is -0.860. The Bertz CT molecular complexity index is 333. The second kappa shape index (κ2) is 6.77. The van der Waals surface area contributed by atoms with E-state index in [-0.39, 0.29) is 12.2 Å². The molecular weight excluding hydrogens is 210 g/mol. The monoisotopic (exact) mass is 235 g/mol. The van der Waals surface area contributed by atoms with Crippen molar-refractivity contribution in [2.45, 2.75) is 52.9 Å². The molecule has 0 bridgehead atoms. The van der Waals surface area contributed by atoms with Crippen LogP contribution in [-0.4, -0.2) is 18.7 Å². The molecule has 0 amide bonds. The maximum absolute atomic E-state index is 6.01. The van der Waals surface area contributed by atoms with Gasteiger partial charge in [-0.15, -0.1) is 0 Å². The molecule has 96 valence electrons. The lowest BCUT2D eigenvalue weighted by molar-refractivity contribution is 0.00585. The highest BCUT2D eigenvalue weighted by atomic mass is 16.5. The fourth-order valence-corrected chi connectivity index (χ4v) is 1.85. The molecule has 1 aromatic carbocycles. The van der Waals surface area contributed by atoms with Gasteiger partial charge in [0.25, 0.3) is 0 Å². The van der Waals surface area contributed by atoms with Gasteiger partial charge in [-0.2, -0.15) is 0 Å². The van der Waals surface area contributed by atoms with Crippen LogP contribution in [0.25, 0.3) is 0 Å². The molecular formula is C15H25NO. The zero-order valence-electron chi connectivity index (χ0n) is 11.7. The van der Waals surface area contributed by atoms with Gasteiger partial charge in [0.15, 0.2) is 0 Å². The lowest BCUT2D eigenvalue weighted by atomic mass is 10.0.